The zero-order chi connectivity index (χ0) is 17.5. The molecule has 128 valence electrons. The molecule has 0 aliphatic heterocycles. The van der Waals surface area contributed by atoms with Crippen LogP contribution in [0.1, 0.15) is 20.8 Å². The Morgan fingerprint density at radius 3 is 2.58 bits per heavy atom. The van der Waals surface area contributed by atoms with E-state index < -0.39 is 11.3 Å². The van der Waals surface area contributed by atoms with E-state index in [0.29, 0.717) is 17.6 Å². The third kappa shape index (κ3) is 5.38. The van der Waals surface area contributed by atoms with Gasteiger partial charge in [-0.1, -0.05) is 43.8 Å². The minimum atomic E-state index is -0.485. The van der Waals surface area contributed by atoms with Gasteiger partial charge in [0.05, 0.1) is 10.9 Å². The van der Waals surface area contributed by atoms with E-state index in [1.807, 2.05) is 44.2 Å². The number of urea groups is 1. The van der Waals surface area contributed by atoms with Crippen molar-refractivity contribution in [2.24, 2.45) is 5.92 Å². The first-order valence-electron chi connectivity index (χ1n) is 7.68. The number of para-hydroxylation sites is 1. The van der Waals surface area contributed by atoms with E-state index in [1.165, 1.54) is 11.8 Å². The molecule has 0 saturated heterocycles. The highest BCUT2D eigenvalue weighted by molar-refractivity contribution is 8.00. The summed E-state index contributed by atoms with van der Waals surface area (Å²) in [5.74, 6) is -0.0545. The lowest BCUT2D eigenvalue weighted by Gasteiger charge is -2.11. The van der Waals surface area contributed by atoms with Crippen LogP contribution in [0.15, 0.2) is 41.8 Å². The van der Waals surface area contributed by atoms with Crippen LogP contribution in [0, 0.1) is 5.92 Å². The van der Waals surface area contributed by atoms with E-state index in [2.05, 4.69) is 20.7 Å². The van der Waals surface area contributed by atoms with Gasteiger partial charge in [-0.05, 0) is 25.0 Å². The Kier molecular flexibility index (Phi) is 6.36. The molecule has 0 saturated carbocycles. The van der Waals surface area contributed by atoms with E-state index in [-0.39, 0.29) is 5.91 Å². The Hall–Kier alpha value is -2.35. The zero-order valence-corrected chi connectivity index (χ0v) is 14.7. The van der Waals surface area contributed by atoms with E-state index in [4.69, 9.17) is 0 Å². The quantitative estimate of drug-likeness (QED) is 0.782. The minimum Gasteiger partial charge on any atom is -0.338 e. The van der Waals surface area contributed by atoms with Crippen LogP contribution in [0.25, 0.3) is 5.69 Å². The summed E-state index contributed by atoms with van der Waals surface area (Å²) in [7, 11) is 0. The van der Waals surface area contributed by atoms with Gasteiger partial charge in [0.2, 0.25) is 11.1 Å². The molecule has 2 aromatic rings. The van der Waals surface area contributed by atoms with Gasteiger partial charge in [-0.3, -0.25) is 10.1 Å². The van der Waals surface area contributed by atoms with Crippen molar-refractivity contribution in [1.82, 2.24) is 25.4 Å². The molecule has 0 radical (unpaired) electrons. The molecule has 1 atom stereocenters. The second kappa shape index (κ2) is 8.49. The molecule has 3 amide bonds. The molecule has 0 fully saturated rings. The molecular formula is C16H21N5O2S. The van der Waals surface area contributed by atoms with Crippen molar-refractivity contribution in [3.63, 3.8) is 0 Å². The second-order valence-corrected chi connectivity index (χ2v) is 6.97. The third-order valence-electron chi connectivity index (χ3n) is 3.05. The predicted octanol–water partition coefficient (Wildman–Crippen LogP) is 2.23. The van der Waals surface area contributed by atoms with Gasteiger partial charge < -0.3 is 5.32 Å². The lowest BCUT2D eigenvalue weighted by atomic mass is 10.2. The molecule has 1 heterocycles. The first kappa shape index (κ1) is 18.0. The normalized spacial score (nSPS) is 12.0. The van der Waals surface area contributed by atoms with Gasteiger partial charge in [-0.2, -0.15) is 0 Å². The summed E-state index contributed by atoms with van der Waals surface area (Å²) >= 11 is 1.20. The van der Waals surface area contributed by atoms with Crippen LogP contribution in [-0.4, -0.2) is 38.5 Å². The number of nitrogens with one attached hydrogen (secondary N) is 2. The van der Waals surface area contributed by atoms with Gasteiger partial charge in [0.25, 0.3) is 0 Å². The molecule has 24 heavy (non-hydrogen) atoms. The molecule has 2 N–H and O–H groups in total. The van der Waals surface area contributed by atoms with Gasteiger partial charge in [0.15, 0.2) is 0 Å². The number of aromatic nitrogens is 3. The maximum absolute atomic E-state index is 12.0. The molecule has 0 bridgehead atoms. The number of nitrogens with zero attached hydrogens (tertiary/aromatic N) is 3. The summed E-state index contributed by atoms with van der Waals surface area (Å²) in [5.41, 5.74) is 0.891. The maximum Gasteiger partial charge on any atom is 0.321 e. The van der Waals surface area contributed by atoms with Gasteiger partial charge in [-0.15, -0.1) is 5.10 Å². The van der Waals surface area contributed by atoms with Crippen LogP contribution < -0.4 is 10.6 Å². The van der Waals surface area contributed by atoms with Crippen molar-refractivity contribution in [3.05, 3.63) is 36.7 Å². The van der Waals surface area contributed by atoms with Crippen LogP contribution in [0.2, 0.25) is 0 Å². The Morgan fingerprint density at radius 1 is 1.21 bits per heavy atom. The highest BCUT2D eigenvalue weighted by atomic mass is 32.2. The molecule has 1 aromatic heterocycles. The fraction of sp³-hybridized carbons (Fsp3) is 0.375. The maximum atomic E-state index is 12.0. The summed E-state index contributed by atoms with van der Waals surface area (Å²) in [5, 5.41) is 9.28. The van der Waals surface area contributed by atoms with Gasteiger partial charge in [0.1, 0.15) is 6.33 Å². The fourth-order valence-electron chi connectivity index (χ4n) is 1.77. The average Bonchev–Trinajstić information content (AvgIpc) is 3.02. The van der Waals surface area contributed by atoms with Gasteiger partial charge >= 0.3 is 6.03 Å². The van der Waals surface area contributed by atoms with Crippen LogP contribution >= 0.6 is 11.8 Å². The SMILES string of the molecule is CC(C)CNC(=O)NC(=O)C(C)Sc1ncn(-c2ccccc2)n1. The van der Waals surface area contributed by atoms with Gasteiger partial charge in [0, 0.05) is 6.54 Å². The van der Waals surface area contributed by atoms with Gasteiger partial charge in [-0.25, -0.2) is 14.5 Å². The number of carbonyl (C=O) groups excluding carboxylic acids is 2. The van der Waals surface area contributed by atoms with Crippen LogP contribution in [0.4, 0.5) is 4.79 Å². The second-order valence-electron chi connectivity index (χ2n) is 5.66. The monoisotopic (exact) mass is 347 g/mol. The summed E-state index contributed by atoms with van der Waals surface area (Å²) < 4.78 is 1.64. The number of carbonyl (C=O) groups is 2. The molecule has 1 unspecified atom stereocenters. The number of benzene rings is 1. The highest BCUT2D eigenvalue weighted by Crippen LogP contribution is 2.19. The molecule has 8 heteroatoms. The molecule has 7 nitrogen and oxygen atoms in total. The van der Waals surface area contributed by atoms with Crippen molar-refractivity contribution in [3.8, 4) is 5.69 Å². The molecule has 1 aromatic carbocycles. The minimum absolute atomic E-state index is 0.323. The largest absolute Gasteiger partial charge is 0.338 e. The highest BCUT2D eigenvalue weighted by Gasteiger charge is 2.19. The fourth-order valence-corrected chi connectivity index (χ4v) is 2.50. The molecule has 0 spiro atoms. The number of imide groups is 1. The predicted molar refractivity (Wildman–Crippen MR) is 93.1 cm³/mol. The van der Waals surface area contributed by atoms with Crippen LogP contribution in [0.5, 0.6) is 0 Å². The molecule has 2 rings (SSSR count). The summed E-state index contributed by atoms with van der Waals surface area (Å²) in [6.07, 6.45) is 1.59. The number of thioether (sulfide) groups is 1. The summed E-state index contributed by atoms with van der Waals surface area (Å²) in [4.78, 5) is 27.8. The lowest BCUT2D eigenvalue weighted by molar-refractivity contribution is -0.119. The Balaban J connectivity index is 1.88. The topological polar surface area (TPSA) is 88.9 Å². The summed E-state index contributed by atoms with van der Waals surface area (Å²) in [6, 6.07) is 9.10. The van der Waals surface area contributed by atoms with Crippen molar-refractivity contribution >= 4 is 23.7 Å². The number of hydrogen-bond donors (Lipinski definition) is 2. The van der Waals surface area contributed by atoms with Crippen molar-refractivity contribution in [2.75, 3.05) is 6.54 Å². The Bertz CT molecular complexity index is 687. The number of hydrogen-bond acceptors (Lipinski definition) is 5. The van der Waals surface area contributed by atoms with E-state index >= 15 is 0 Å². The molecule has 0 aliphatic rings. The van der Waals surface area contributed by atoms with E-state index in [1.54, 1.807) is 17.9 Å². The smallest absolute Gasteiger partial charge is 0.321 e. The van der Waals surface area contributed by atoms with Crippen LogP contribution in [0.3, 0.4) is 0 Å². The summed E-state index contributed by atoms with van der Waals surface area (Å²) in [6.45, 7) is 6.19. The molecule has 0 aliphatic carbocycles. The standard InChI is InChI=1S/C16H21N5O2S/c1-11(2)9-17-15(23)19-14(22)12(3)24-16-18-10-21(20-16)13-7-5-4-6-8-13/h4-8,10-12H,9H2,1-3H3,(H2,17,19,22,23). The average molecular weight is 347 g/mol. The number of rotatable bonds is 6. The Labute approximate surface area is 145 Å². The third-order valence-corrected chi connectivity index (χ3v) is 4.02. The number of amides is 3. The molecular weight excluding hydrogens is 326 g/mol. The first-order valence-corrected chi connectivity index (χ1v) is 8.56. The van der Waals surface area contributed by atoms with Crippen molar-refractivity contribution in [2.45, 2.75) is 31.2 Å². The zero-order valence-electron chi connectivity index (χ0n) is 13.9. The Morgan fingerprint density at radius 2 is 1.92 bits per heavy atom. The van der Waals surface area contributed by atoms with Crippen molar-refractivity contribution in [1.29, 1.82) is 0 Å². The van der Waals surface area contributed by atoms with Crippen LogP contribution in [-0.2, 0) is 4.79 Å². The van der Waals surface area contributed by atoms with E-state index in [9.17, 15) is 9.59 Å². The lowest BCUT2D eigenvalue weighted by Crippen LogP contribution is -2.43. The van der Waals surface area contributed by atoms with Crippen molar-refractivity contribution < 1.29 is 9.59 Å². The van der Waals surface area contributed by atoms with E-state index in [0.717, 1.165) is 5.69 Å². The first-order chi connectivity index (χ1) is 11.5.